The number of carboxylic acids is 1. The lowest BCUT2D eigenvalue weighted by molar-refractivity contribution is 0.0697. The number of hydrogen-bond acceptors (Lipinski definition) is 2. The van der Waals surface area contributed by atoms with Gasteiger partial charge in [-0.2, -0.15) is 0 Å². The van der Waals surface area contributed by atoms with E-state index in [1.54, 1.807) is 24.3 Å². The van der Waals surface area contributed by atoms with Gasteiger partial charge in [-0.05, 0) is 36.0 Å². The van der Waals surface area contributed by atoms with Crippen molar-refractivity contribution in [3.05, 3.63) is 35.4 Å². The van der Waals surface area contributed by atoms with Gasteiger partial charge in [0, 0.05) is 6.04 Å². The van der Waals surface area contributed by atoms with Crippen molar-refractivity contribution in [2.45, 2.75) is 39.7 Å². The van der Waals surface area contributed by atoms with Crippen LogP contribution in [0.4, 0.5) is 0 Å². The number of rotatable bonds is 4. The molecule has 1 aromatic carbocycles. The van der Waals surface area contributed by atoms with Gasteiger partial charge in [-0.1, -0.05) is 32.9 Å². The monoisotopic (exact) mass is 235 g/mol. The molecule has 0 aliphatic carbocycles. The second kappa shape index (κ2) is 5.32. The first-order valence-electron chi connectivity index (χ1n) is 5.88. The van der Waals surface area contributed by atoms with Crippen molar-refractivity contribution in [3.63, 3.8) is 0 Å². The average Bonchev–Trinajstić information content (AvgIpc) is 2.25. The van der Waals surface area contributed by atoms with Crippen LogP contribution >= 0.6 is 0 Å². The summed E-state index contributed by atoms with van der Waals surface area (Å²) in [6.45, 7) is 6.56. The van der Waals surface area contributed by atoms with Crippen LogP contribution in [0.15, 0.2) is 24.3 Å². The number of carbonyl (C=O) groups is 1. The Labute approximate surface area is 103 Å². The van der Waals surface area contributed by atoms with E-state index >= 15 is 0 Å². The van der Waals surface area contributed by atoms with Gasteiger partial charge in [0.05, 0.1) is 5.56 Å². The minimum atomic E-state index is -0.903. The largest absolute Gasteiger partial charge is 0.478 e. The van der Waals surface area contributed by atoms with Crippen LogP contribution in [0.2, 0.25) is 0 Å². The maximum absolute atomic E-state index is 10.7. The number of benzene rings is 1. The van der Waals surface area contributed by atoms with E-state index in [0.29, 0.717) is 5.56 Å². The fourth-order valence-electron chi connectivity index (χ4n) is 1.63. The van der Waals surface area contributed by atoms with Crippen LogP contribution in [0.5, 0.6) is 0 Å². The van der Waals surface area contributed by atoms with Gasteiger partial charge < -0.3 is 10.8 Å². The third-order valence-electron chi connectivity index (χ3n) is 2.79. The zero-order chi connectivity index (χ0) is 13.1. The van der Waals surface area contributed by atoms with E-state index < -0.39 is 5.97 Å². The second-order valence-electron chi connectivity index (χ2n) is 5.63. The molecule has 0 radical (unpaired) electrons. The summed E-state index contributed by atoms with van der Waals surface area (Å²) < 4.78 is 0. The summed E-state index contributed by atoms with van der Waals surface area (Å²) in [7, 11) is 0. The lowest BCUT2D eigenvalue weighted by Gasteiger charge is -2.21. The Morgan fingerprint density at radius 3 is 2.24 bits per heavy atom. The number of nitrogens with two attached hydrogens (primary N) is 1. The molecule has 0 bridgehead atoms. The highest BCUT2D eigenvalue weighted by Crippen LogP contribution is 2.26. The Kier molecular flexibility index (Phi) is 4.29. The maximum atomic E-state index is 10.7. The van der Waals surface area contributed by atoms with Gasteiger partial charge in [-0.15, -0.1) is 0 Å². The second-order valence-corrected chi connectivity index (χ2v) is 5.63. The van der Waals surface area contributed by atoms with Gasteiger partial charge in [0.2, 0.25) is 0 Å². The molecule has 0 saturated carbocycles. The van der Waals surface area contributed by atoms with Crippen LogP contribution < -0.4 is 5.73 Å². The Balaban J connectivity index is 2.63. The van der Waals surface area contributed by atoms with Gasteiger partial charge in [-0.25, -0.2) is 4.79 Å². The van der Waals surface area contributed by atoms with E-state index in [2.05, 4.69) is 20.8 Å². The van der Waals surface area contributed by atoms with E-state index in [9.17, 15) is 4.79 Å². The van der Waals surface area contributed by atoms with Crippen molar-refractivity contribution in [1.82, 2.24) is 0 Å². The molecule has 0 spiro atoms. The molecule has 1 aromatic rings. The molecule has 0 amide bonds. The van der Waals surface area contributed by atoms with Gasteiger partial charge in [0.15, 0.2) is 0 Å². The molecular weight excluding hydrogens is 214 g/mol. The molecule has 0 fully saturated rings. The van der Waals surface area contributed by atoms with Gasteiger partial charge in [0.1, 0.15) is 0 Å². The summed E-state index contributed by atoms with van der Waals surface area (Å²) >= 11 is 0. The van der Waals surface area contributed by atoms with Crippen LogP contribution in [0.25, 0.3) is 0 Å². The molecule has 0 aliphatic rings. The average molecular weight is 235 g/mol. The van der Waals surface area contributed by atoms with Crippen LogP contribution in [0.1, 0.15) is 55.6 Å². The van der Waals surface area contributed by atoms with Gasteiger partial charge in [0.25, 0.3) is 0 Å². The van der Waals surface area contributed by atoms with Crippen molar-refractivity contribution in [2.24, 2.45) is 11.1 Å². The summed E-state index contributed by atoms with van der Waals surface area (Å²) in [6, 6.07) is 6.80. The quantitative estimate of drug-likeness (QED) is 0.842. The van der Waals surface area contributed by atoms with Crippen LogP contribution in [-0.4, -0.2) is 11.1 Å². The molecular formula is C14H21NO2. The van der Waals surface area contributed by atoms with Crippen LogP contribution in [0.3, 0.4) is 0 Å². The standard InChI is InChI=1S/C14H21NO2/c1-14(2,3)9-8-12(15)10-4-6-11(7-5-10)13(16)17/h4-7,12H,8-9,15H2,1-3H3,(H,16,17)/t12-/m1/s1. The minimum absolute atomic E-state index is 0.0166. The zero-order valence-corrected chi connectivity index (χ0v) is 10.7. The predicted molar refractivity (Wildman–Crippen MR) is 69.0 cm³/mol. The van der Waals surface area contributed by atoms with E-state index in [4.69, 9.17) is 10.8 Å². The van der Waals surface area contributed by atoms with Gasteiger partial charge >= 0.3 is 5.97 Å². The summed E-state index contributed by atoms with van der Waals surface area (Å²) in [5.41, 5.74) is 7.66. The smallest absolute Gasteiger partial charge is 0.335 e. The molecule has 3 heteroatoms. The number of hydrogen-bond donors (Lipinski definition) is 2. The van der Waals surface area contributed by atoms with Crippen molar-refractivity contribution >= 4 is 5.97 Å². The lowest BCUT2D eigenvalue weighted by Crippen LogP contribution is -2.14. The summed E-state index contributed by atoms with van der Waals surface area (Å²) in [5.74, 6) is -0.903. The third kappa shape index (κ3) is 4.57. The SMILES string of the molecule is CC(C)(C)CC[C@@H](N)c1ccc(C(=O)O)cc1. The summed E-state index contributed by atoms with van der Waals surface area (Å²) in [5, 5.41) is 8.79. The molecule has 3 N–H and O–H groups in total. The molecule has 1 atom stereocenters. The summed E-state index contributed by atoms with van der Waals surface area (Å²) in [6.07, 6.45) is 1.96. The minimum Gasteiger partial charge on any atom is -0.478 e. The van der Waals surface area contributed by atoms with E-state index in [1.165, 1.54) is 0 Å². The molecule has 1 rings (SSSR count). The molecule has 17 heavy (non-hydrogen) atoms. The number of carboxylic acid groups (broad SMARTS) is 1. The zero-order valence-electron chi connectivity index (χ0n) is 10.7. The Hall–Kier alpha value is -1.35. The first-order valence-corrected chi connectivity index (χ1v) is 5.88. The van der Waals surface area contributed by atoms with Crippen LogP contribution in [0, 0.1) is 5.41 Å². The first kappa shape index (κ1) is 13.7. The molecule has 94 valence electrons. The van der Waals surface area contributed by atoms with E-state index in [0.717, 1.165) is 18.4 Å². The Morgan fingerprint density at radius 2 is 1.82 bits per heavy atom. The fraction of sp³-hybridized carbons (Fsp3) is 0.500. The highest BCUT2D eigenvalue weighted by Gasteiger charge is 2.14. The highest BCUT2D eigenvalue weighted by atomic mass is 16.4. The molecule has 0 unspecified atom stereocenters. The van der Waals surface area contributed by atoms with Crippen molar-refractivity contribution in [3.8, 4) is 0 Å². The lowest BCUT2D eigenvalue weighted by atomic mass is 9.87. The molecule has 0 heterocycles. The summed E-state index contributed by atoms with van der Waals surface area (Å²) in [4.78, 5) is 10.7. The van der Waals surface area contributed by atoms with E-state index in [-0.39, 0.29) is 11.5 Å². The number of aromatic carboxylic acids is 1. The maximum Gasteiger partial charge on any atom is 0.335 e. The Bertz CT molecular complexity index is 376. The molecule has 0 aromatic heterocycles. The highest BCUT2D eigenvalue weighted by molar-refractivity contribution is 5.87. The molecule has 0 saturated heterocycles. The van der Waals surface area contributed by atoms with E-state index in [1.807, 2.05) is 0 Å². The van der Waals surface area contributed by atoms with Crippen molar-refractivity contribution in [2.75, 3.05) is 0 Å². The van der Waals surface area contributed by atoms with Crippen molar-refractivity contribution in [1.29, 1.82) is 0 Å². The van der Waals surface area contributed by atoms with Crippen LogP contribution in [-0.2, 0) is 0 Å². The van der Waals surface area contributed by atoms with Crippen molar-refractivity contribution < 1.29 is 9.90 Å². The predicted octanol–water partition coefficient (Wildman–Crippen LogP) is 3.21. The Morgan fingerprint density at radius 1 is 1.29 bits per heavy atom. The normalized spacial score (nSPS) is 13.4. The first-order chi connectivity index (χ1) is 7.79. The molecule has 0 aliphatic heterocycles. The van der Waals surface area contributed by atoms with Gasteiger partial charge in [-0.3, -0.25) is 0 Å². The molecule has 3 nitrogen and oxygen atoms in total. The topological polar surface area (TPSA) is 63.3 Å². The third-order valence-corrected chi connectivity index (χ3v) is 2.79. The fourth-order valence-corrected chi connectivity index (χ4v) is 1.63.